The molecule has 1 amide bonds. The van der Waals surface area contributed by atoms with Gasteiger partial charge in [-0.2, -0.15) is 0 Å². The minimum Gasteiger partial charge on any atom is -0.459 e. The highest BCUT2D eigenvalue weighted by Gasteiger charge is 2.34. The summed E-state index contributed by atoms with van der Waals surface area (Å²) in [6, 6.07) is 0. The zero-order valence-electron chi connectivity index (χ0n) is 12.4. The Morgan fingerprint density at radius 1 is 1.25 bits per heavy atom. The molecule has 0 aromatic carbocycles. The van der Waals surface area contributed by atoms with E-state index in [1.165, 1.54) is 12.0 Å². The molecule has 0 bridgehead atoms. The highest BCUT2D eigenvalue weighted by molar-refractivity contribution is 5.88. The zero-order valence-corrected chi connectivity index (χ0v) is 12.4. The number of likely N-dealkylation sites (tertiary alicyclic amines) is 1. The van der Waals surface area contributed by atoms with E-state index in [9.17, 15) is 14.7 Å². The molecular weight excluding hydrogens is 262 g/mol. The number of aliphatic hydroxyl groups is 1. The van der Waals surface area contributed by atoms with Crippen molar-refractivity contribution < 1.29 is 24.2 Å². The summed E-state index contributed by atoms with van der Waals surface area (Å²) < 4.78 is 9.65. The molecule has 0 spiro atoms. The van der Waals surface area contributed by atoms with Gasteiger partial charge in [0.05, 0.1) is 7.11 Å². The number of nitrogens with zero attached hydrogens (tertiary/aromatic N) is 1. The Balaban J connectivity index is 2.56. The number of hydrogen-bond acceptors (Lipinski definition) is 5. The van der Waals surface area contributed by atoms with Crippen molar-refractivity contribution in [2.75, 3.05) is 20.2 Å². The number of carbonyl (C=O) groups excluding carboxylic acids is 2. The number of amides is 1. The van der Waals surface area contributed by atoms with Gasteiger partial charge in [0.2, 0.25) is 0 Å². The van der Waals surface area contributed by atoms with Crippen LogP contribution < -0.4 is 0 Å². The second-order valence-electron chi connectivity index (χ2n) is 5.74. The van der Waals surface area contributed by atoms with Crippen LogP contribution in [0.15, 0.2) is 0 Å². The van der Waals surface area contributed by atoms with Crippen LogP contribution in [0.5, 0.6) is 0 Å². The van der Waals surface area contributed by atoms with Gasteiger partial charge < -0.3 is 19.5 Å². The lowest BCUT2D eigenvalue weighted by Gasteiger charge is -2.35. The summed E-state index contributed by atoms with van der Waals surface area (Å²) in [5.74, 6) is 4.05. The molecule has 1 aliphatic heterocycles. The predicted molar refractivity (Wildman–Crippen MR) is 71.8 cm³/mol. The highest BCUT2D eigenvalue weighted by Crippen LogP contribution is 2.22. The predicted octanol–water partition coefficient (Wildman–Crippen LogP) is 0.925. The van der Waals surface area contributed by atoms with Crippen LogP contribution >= 0.6 is 0 Å². The van der Waals surface area contributed by atoms with Crippen molar-refractivity contribution in [2.45, 2.75) is 44.8 Å². The molecule has 6 heteroatoms. The summed E-state index contributed by atoms with van der Waals surface area (Å²) in [6.07, 6.45) is 0.146. The first kappa shape index (κ1) is 16.3. The van der Waals surface area contributed by atoms with E-state index in [0.29, 0.717) is 13.1 Å². The Morgan fingerprint density at radius 2 is 1.80 bits per heavy atom. The van der Waals surface area contributed by atoms with Crippen LogP contribution in [0, 0.1) is 11.8 Å². The monoisotopic (exact) mass is 283 g/mol. The molecule has 0 unspecified atom stereocenters. The SMILES string of the molecule is COC(=O)C#CC1(O)CCN(C(=O)OC(C)(C)C)CC1. The molecule has 1 N–H and O–H groups in total. The van der Waals surface area contributed by atoms with Crippen LogP contribution in [0.4, 0.5) is 4.79 Å². The fourth-order valence-electron chi connectivity index (χ4n) is 1.73. The lowest BCUT2D eigenvalue weighted by atomic mass is 9.92. The third-order valence-corrected chi connectivity index (χ3v) is 2.82. The molecule has 0 atom stereocenters. The molecule has 1 fully saturated rings. The van der Waals surface area contributed by atoms with E-state index >= 15 is 0 Å². The molecule has 1 aliphatic rings. The maximum atomic E-state index is 11.8. The lowest BCUT2D eigenvalue weighted by molar-refractivity contribution is -0.133. The van der Waals surface area contributed by atoms with Gasteiger partial charge in [0.25, 0.3) is 0 Å². The second kappa shape index (κ2) is 6.14. The number of esters is 1. The topological polar surface area (TPSA) is 76.1 Å². The van der Waals surface area contributed by atoms with Crippen molar-refractivity contribution in [3.63, 3.8) is 0 Å². The van der Waals surface area contributed by atoms with Gasteiger partial charge in [0.1, 0.15) is 11.2 Å². The van der Waals surface area contributed by atoms with Gasteiger partial charge in [-0.1, -0.05) is 5.92 Å². The first-order valence-electron chi connectivity index (χ1n) is 6.47. The van der Waals surface area contributed by atoms with E-state index in [1.54, 1.807) is 20.8 Å². The Hall–Kier alpha value is -1.74. The summed E-state index contributed by atoms with van der Waals surface area (Å²) in [5, 5.41) is 10.2. The number of hydrogen-bond donors (Lipinski definition) is 1. The van der Waals surface area contributed by atoms with Crippen molar-refractivity contribution in [2.24, 2.45) is 0 Å². The van der Waals surface area contributed by atoms with Crippen molar-refractivity contribution in [1.29, 1.82) is 0 Å². The van der Waals surface area contributed by atoms with E-state index in [2.05, 4.69) is 16.6 Å². The van der Waals surface area contributed by atoms with Gasteiger partial charge >= 0.3 is 12.1 Å². The maximum Gasteiger partial charge on any atom is 0.410 e. The molecule has 0 radical (unpaired) electrons. The number of rotatable bonds is 0. The molecule has 0 aromatic heterocycles. The Kier molecular flexibility index (Phi) is 5.01. The summed E-state index contributed by atoms with van der Waals surface area (Å²) in [7, 11) is 1.23. The molecule has 0 aliphatic carbocycles. The number of carbonyl (C=O) groups is 2. The van der Waals surface area contributed by atoms with Crippen molar-refractivity contribution in [1.82, 2.24) is 4.90 Å². The largest absolute Gasteiger partial charge is 0.459 e. The van der Waals surface area contributed by atoms with Crippen LogP contribution in [0.25, 0.3) is 0 Å². The lowest BCUT2D eigenvalue weighted by Crippen LogP contribution is -2.47. The Labute approximate surface area is 119 Å². The Morgan fingerprint density at radius 3 is 2.25 bits per heavy atom. The Bertz CT molecular complexity index is 433. The smallest absolute Gasteiger partial charge is 0.410 e. The average molecular weight is 283 g/mol. The van der Waals surface area contributed by atoms with Crippen LogP contribution in [0.2, 0.25) is 0 Å². The number of ether oxygens (including phenoxy) is 2. The van der Waals surface area contributed by atoms with E-state index in [4.69, 9.17) is 4.74 Å². The maximum absolute atomic E-state index is 11.8. The van der Waals surface area contributed by atoms with Crippen LogP contribution in [0.1, 0.15) is 33.6 Å². The fourth-order valence-corrected chi connectivity index (χ4v) is 1.73. The number of methoxy groups -OCH3 is 1. The van der Waals surface area contributed by atoms with E-state index in [1.807, 2.05) is 0 Å². The standard InChI is InChI=1S/C14H21NO5/c1-13(2,3)20-12(17)15-9-7-14(18,8-10-15)6-5-11(16)19-4/h18H,7-10H2,1-4H3. The summed E-state index contributed by atoms with van der Waals surface area (Å²) in [5.41, 5.74) is -1.80. The molecule has 20 heavy (non-hydrogen) atoms. The highest BCUT2D eigenvalue weighted by atomic mass is 16.6. The van der Waals surface area contributed by atoms with E-state index in [0.717, 1.165) is 0 Å². The first-order chi connectivity index (χ1) is 9.15. The quantitative estimate of drug-likeness (QED) is 0.406. The molecule has 0 aromatic rings. The normalized spacial score (nSPS) is 17.8. The van der Waals surface area contributed by atoms with Gasteiger partial charge in [0.15, 0.2) is 0 Å². The minimum absolute atomic E-state index is 0.274. The van der Waals surface area contributed by atoms with Gasteiger partial charge in [-0.25, -0.2) is 9.59 Å². The fraction of sp³-hybridized carbons (Fsp3) is 0.714. The zero-order chi connectivity index (χ0) is 15.4. The molecule has 1 rings (SSSR count). The molecule has 6 nitrogen and oxygen atoms in total. The van der Waals surface area contributed by atoms with Crippen molar-refractivity contribution >= 4 is 12.1 Å². The van der Waals surface area contributed by atoms with Gasteiger partial charge in [-0.3, -0.25) is 0 Å². The van der Waals surface area contributed by atoms with Gasteiger partial charge in [-0.15, -0.1) is 0 Å². The minimum atomic E-state index is -1.26. The molecule has 1 saturated heterocycles. The van der Waals surface area contributed by atoms with Gasteiger partial charge in [-0.05, 0) is 20.8 Å². The molecule has 112 valence electrons. The van der Waals surface area contributed by atoms with E-state index < -0.39 is 23.3 Å². The summed E-state index contributed by atoms with van der Waals surface area (Å²) >= 11 is 0. The van der Waals surface area contributed by atoms with Crippen molar-refractivity contribution in [3.8, 4) is 11.8 Å². The van der Waals surface area contributed by atoms with Crippen LogP contribution in [-0.4, -0.2) is 53.5 Å². The van der Waals surface area contributed by atoms with Gasteiger partial charge in [0, 0.05) is 31.9 Å². The van der Waals surface area contributed by atoms with Crippen LogP contribution in [0.3, 0.4) is 0 Å². The second-order valence-corrected chi connectivity index (χ2v) is 5.74. The third kappa shape index (κ3) is 5.10. The van der Waals surface area contributed by atoms with Crippen LogP contribution in [-0.2, 0) is 14.3 Å². The summed E-state index contributed by atoms with van der Waals surface area (Å²) in [4.78, 5) is 24.3. The molecular formula is C14H21NO5. The molecule has 1 heterocycles. The first-order valence-corrected chi connectivity index (χ1v) is 6.47. The third-order valence-electron chi connectivity index (χ3n) is 2.82. The summed E-state index contributed by atoms with van der Waals surface area (Å²) in [6.45, 7) is 6.07. The van der Waals surface area contributed by atoms with Crippen molar-refractivity contribution in [3.05, 3.63) is 0 Å². The average Bonchev–Trinajstić information content (AvgIpc) is 2.34. The van der Waals surface area contributed by atoms with E-state index in [-0.39, 0.29) is 12.8 Å². The molecule has 0 saturated carbocycles. The number of piperidine rings is 1.